The Morgan fingerprint density at radius 2 is 2.00 bits per heavy atom. The topological polar surface area (TPSA) is 102 Å². The Morgan fingerprint density at radius 3 is 2.60 bits per heavy atom. The molecule has 1 amide bonds. The molecular weight excluding hydrogens is 260 g/mol. The number of carboxylic acid groups (broad SMARTS) is 1. The number of nitrogens with one attached hydrogen (secondary N) is 1. The number of amides is 1. The van der Waals surface area contributed by atoms with Gasteiger partial charge in [0, 0.05) is 0 Å². The fourth-order valence-corrected chi connectivity index (χ4v) is 1.68. The number of nitrogens with two attached hydrogens (primary N) is 1. The lowest BCUT2D eigenvalue weighted by molar-refractivity contribution is -0.139. The van der Waals surface area contributed by atoms with Gasteiger partial charge in [-0.05, 0) is 24.5 Å². The smallest absolute Gasteiger partial charge is 0.341 e. The molecule has 0 radical (unpaired) electrons. The molecule has 1 rings (SSSR count). The number of rotatable bonds is 7. The first-order chi connectivity index (χ1) is 9.40. The van der Waals surface area contributed by atoms with E-state index in [-0.39, 0.29) is 5.91 Å². The highest BCUT2D eigenvalue weighted by Crippen LogP contribution is 2.24. The summed E-state index contributed by atoms with van der Waals surface area (Å²) in [6.07, 6.45) is 0.573. The van der Waals surface area contributed by atoms with E-state index in [1.807, 2.05) is 13.8 Å². The third kappa shape index (κ3) is 5.27. The molecule has 0 aliphatic rings. The number of hydrogen-bond donors (Lipinski definition) is 3. The molecule has 1 atom stereocenters. The van der Waals surface area contributed by atoms with Gasteiger partial charge in [0.25, 0.3) is 0 Å². The summed E-state index contributed by atoms with van der Waals surface area (Å²) in [5.74, 6) is -0.776. The van der Waals surface area contributed by atoms with Crippen LogP contribution >= 0.6 is 0 Å². The van der Waals surface area contributed by atoms with Crippen molar-refractivity contribution < 1.29 is 19.4 Å². The van der Waals surface area contributed by atoms with Crippen LogP contribution in [-0.2, 0) is 9.59 Å². The Balaban J connectivity index is 2.71. The van der Waals surface area contributed by atoms with Crippen LogP contribution in [0.3, 0.4) is 0 Å². The molecular formula is C14H20N2O4. The Morgan fingerprint density at radius 1 is 1.35 bits per heavy atom. The first-order valence-electron chi connectivity index (χ1n) is 6.40. The summed E-state index contributed by atoms with van der Waals surface area (Å²) in [4.78, 5) is 22.4. The molecule has 0 aliphatic carbocycles. The highest BCUT2D eigenvalue weighted by atomic mass is 16.5. The minimum Gasteiger partial charge on any atom is -0.480 e. The van der Waals surface area contributed by atoms with Gasteiger partial charge in [0.2, 0.25) is 5.91 Å². The molecule has 110 valence electrons. The predicted octanol–water partition coefficient (Wildman–Crippen LogP) is 1.46. The van der Waals surface area contributed by atoms with E-state index in [1.54, 1.807) is 24.3 Å². The van der Waals surface area contributed by atoms with Gasteiger partial charge in [-0.3, -0.25) is 4.79 Å². The molecule has 0 saturated carbocycles. The van der Waals surface area contributed by atoms with E-state index in [0.717, 1.165) is 0 Å². The van der Waals surface area contributed by atoms with Crippen LogP contribution in [0.4, 0.5) is 5.69 Å². The molecule has 0 aromatic heterocycles. The maximum Gasteiger partial charge on any atom is 0.341 e. The van der Waals surface area contributed by atoms with Crippen molar-refractivity contribution in [3.8, 4) is 5.75 Å². The largest absolute Gasteiger partial charge is 0.480 e. The maximum atomic E-state index is 11.9. The zero-order valence-corrected chi connectivity index (χ0v) is 11.6. The molecule has 1 aromatic rings. The van der Waals surface area contributed by atoms with Gasteiger partial charge in [0.15, 0.2) is 6.61 Å². The summed E-state index contributed by atoms with van der Waals surface area (Å²) in [5, 5.41) is 11.3. The van der Waals surface area contributed by atoms with E-state index in [9.17, 15) is 9.59 Å². The lowest BCUT2D eigenvalue weighted by Gasteiger charge is -2.16. The second kappa shape index (κ2) is 7.49. The van der Waals surface area contributed by atoms with Crippen molar-refractivity contribution in [2.24, 2.45) is 11.7 Å². The molecule has 1 unspecified atom stereocenters. The van der Waals surface area contributed by atoms with Gasteiger partial charge in [-0.15, -0.1) is 0 Å². The molecule has 0 fully saturated rings. The number of carbonyl (C=O) groups excluding carboxylic acids is 1. The number of ether oxygens (including phenoxy) is 1. The molecule has 6 nitrogen and oxygen atoms in total. The minimum absolute atomic E-state index is 0.306. The van der Waals surface area contributed by atoms with Gasteiger partial charge in [-0.2, -0.15) is 0 Å². The Labute approximate surface area is 117 Å². The SMILES string of the molecule is CC(C)CC(N)C(=O)Nc1ccccc1OCC(=O)O. The van der Waals surface area contributed by atoms with Gasteiger partial charge in [-0.1, -0.05) is 26.0 Å². The van der Waals surface area contributed by atoms with Crippen molar-refractivity contribution in [3.05, 3.63) is 24.3 Å². The number of carboxylic acids is 1. The van der Waals surface area contributed by atoms with Crippen molar-refractivity contribution in [2.45, 2.75) is 26.3 Å². The van der Waals surface area contributed by atoms with Gasteiger partial charge in [-0.25, -0.2) is 4.79 Å². The number of benzene rings is 1. The molecule has 4 N–H and O–H groups in total. The highest BCUT2D eigenvalue weighted by Gasteiger charge is 2.16. The van der Waals surface area contributed by atoms with Crippen molar-refractivity contribution in [1.82, 2.24) is 0 Å². The molecule has 20 heavy (non-hydrogen) atoms. The minimum atomic E-state index is -1.08. The van der Waals surface area contributed by atoms with Crippen LogP contribution in [0.2, 0.25) is 0 Å². The lowest BCUT2D eigenvalue weighted by Crippen LogP contribution is -2.36. The van der Waals surface area contributed by atoms with E-state index in [2.05, 4.69) is 5.32 Å². The Bertz CT molecular complexity index is 474. The van der Waals surface area contributed by atoms with Crippen LogP contribution < -0.4 is 15.8 Å². The maximum absolute atomic E-state index is 11.9. The van der Waals surface area contributed by atoms with Gasteiger partial charge in [0.05, 0.1) is 11.7 Å². The summed E-state index contributed by atoms with van der Waals surface area (Å²) >= 11 is 0. The molecule has 6 heteroatoms. The van der Waals surface area contributed by atoms with Crippen LogP contribution in [-0.4, -0.2) is 29.6 Å². The fourth-order valence-electron chi connectivity index (χ4n) is 1.68. The summed E-state index contributed by atoms with van der Waals surface area (Å²) in [7, 11) is 0. The molecule has 1 aromatic carbocycles. The van der Waals surface area contributed by atoms with E-state index < -0.39 is 18.6 Å². The number of para-hydroxylation sites is 2. The first-order valence-corrected chi connectivity index (χ1v) is 6.40. The number of anilines is 1. The fraction of sp³-hybridized carbons (Fsp3) is 0.429. The van der Waals surface area contributed by atoms with Crippen LogP contribution in [0.25, 0.3) is 0 Å². The molecule has 0 aliphatic heterocycles. The average molecular weight is 280 g/mol. The van der Waals surface area contributed by atoms with Gasteiger partial charge >= 0.3 is 5.97 Å². The quantitative estimate of drug-likeness (QED) is 0.702. The van der Waals surface area contributed by atoms with Crippen molar-refractivity contribution in [1.29, 1.82) is 0 Å². The average Bonchev–Trinajstić information content (AvgIpc) is 2.36. The van der Waals surface area contributed by atoms with Crippen molar-refractivity contribution in [2.75, 3.05) is 11.9 Å². The molecule has 0 heterocycles. The summed E-state index contributed by atoms with van der Waals surface area (Å²) in [5.41, 5.74) is 6.21. The predicted molar refractivity (Wildman–Crippen MR) is 75.6 cm³/mol. The zero-order valence-electron chi connectivity index (χ0n) is 11.6. The third-order valence-corrected chi connectivity index (χ3v) is 2.56. The summed E-state index contributed by atoms with van der Waals surface area (Å²) < 4.78 is 5.11. The number of aliphatic carboxylic acids is 1. The van der Waals surface area contributed by atoms with E-state index in [4.69, 9.17) is 15.6 Å². The van der Waals surface area contributed by atoms with Crippen LogP contribution in [0.5, 0.6) is 5.75 Å². The normalized spacial score (nSPS) is 12.0. The monoisotopic (exact) mass is 280 g/mol. The molecule has 0 spiro atoms. The first kappa shape index (κ1) is 16.0. The van der Waals surface area contributed by atoms with E-state index in [0.29, 0.717) is 23.8 Å². The molecule has 0 bridgehead atoms. The van der Waals surface area contributed by atoms with Crippen LogP contribution in [0.15, 0.2) is 24.3 Å². The van der Waals surface area contributed by atoms with E-state index >= 15 is 0 Å². The zero-order chi connectivity index (χ0) is 15.1. The summed E-state index contributed by atoms with van der Waals surface area (Å²) in [6, 6.07) is 6.03. The summed E-state index contributed by atoms with van der Waals surface area (Å²) in [6.45, 7) is 3.50. The second-order valence-corrected chi connectivity index (χ2v) is 4.90. The van der Waals surface area contributed by atoms with Gasteiger partial charge in [0.1, 0.15) is 5.75 Å². The lowest BCUT2D eigenvalue weighted by atomic mass is 10.0. The Hall–Kier alpha value is -2.08. The van der Waals surface area contributed by atoms with Crippen molar-refractivity contribution in [3.63, 3.8) is 0 Å². The highest BCUT2D eigenvalue weighted by molar-refractivity contribution is 5.95. The standard InChI is InChI=1S/C14H20N2O4/c1-9(2)7-10(15)14(19)16-11-5-3-4-6-12(11)20-8-13(17)18/h3-6,9-10H,7-8,15H2,1-2H3,(H,16,19)(H,17,18). The van der Waals surface area contributed by atoms with Crippen LogP contribution in [0.1, 0.15) is 20.3 Å². The third-order valence-electron chi connectivity index (χ3n) is 2.56. The van der Waals surface area contributed by atoms with Crippen molar-refractivity contribution >= 4 is 17.6 Å². The number of hydrogen-bond acceptors (Lipinski definition) is 4. The van der Waals surface area contributed by atoms with Crippen LogP contribution in [0, 0.1) is 5.92 Å². The van der Waals surface area contributed by atoms with Gasteiger partial charge < -0.3 is 20.9 Å². The second-order valence-electron chi connectivity index (χ2n) is 4.90. The molecule has 0 saturated heterocycles. The van der Waals surface area contributed by atoms with E-state index in [1.165, 1.54) is 0 Å². The Kier molecular flexibility index (Phi) is 5.99. The number of carbonyl (C=O) groups is 2.